The van der Waals surface area contributed by atoms with E-state index in [4.69, 9.17) is 9.47 Å². The number of aryl methyl sites for hydroxylation is 2. The van der Waals surface area contributed by atoms with Crippen LogP contribution in [-0.2, 0) is 43.0 Å². The van der Waals surface area contributed by atoms with Crippen LogP contribution in [0.5, 0.6) is 0 Å². The monoisotopic (exact) mass is 873 g/mol. The average molecular weight is 873 g/mol. The molecule has 0 amide bonds. The van der Waals surface area contributed by atoms with Gasteiger partial charge in [0.1, 0.15) is 12.2 Å². The van der Waals surface area contributed by atoms with Crippen molar-refractivity contribution < 1.29 is 19.1 Å². The molecule has 2 aromatic rings. The number of esters is 2. The van der Waals surface area contributed by atoms with E-state index in [1.807, 2.05) is 0 Å². The summed E-state index contributed by atoms with van der Waals surface area (Å²) in [6, 6.07) is 0. The number of carbonyl (C=O) groups excluding carboxylic acids is 2. The number of carbonyl (C=O) groups is 2. The minimum atomic E-state index is -0.268. The number of hydrogen-bond donors (Lipinski definition) is 0. The maximum Gasteiger partial charge on any atom is 0.302 e. The van der Waals surface area contributed by atoms with E-state index in [2.05, 4.69) is 127 Å². The summed E-state index contributed by atoms with van der Waals surface area (Å²) in [5.41, 5.74) is 6.34. The van der Waals surface area contributed by atoms with Gasteiger partial charge in [-0.3, -0.25) is 9.59 Å². The second kappa shape index (κ2) is 14.7. The Hall–Kier alpha value is -3.02. The van der Waals surface area contributed by atoms with Crippen LogP contribution in [0, 0.1) is 68.0 Å². The van der Waals surface area contributed by atoms with Crippen LogP contribution in [0.2, 0.25) is 0 Å². The third kappa shape index (κ3) is 6.26. The van der Waals surface area contributed by atoms with E-state index in [1.54, 1.807) is 13.8 Å². The van der Waals surface area contributed by atoms with Gasteiger partial charge in [-0.2, -0.15) is 0 Å². The number of fused-ring (bicyclic) bond motifs is 14. The lowest BCUT2D eigenvalue weighted by molar-refractivity contribution is -0.205. The Morgan fingerprint density at radius 2 is 0.922 bits per heavy atom. The number of allylic oxidation sites excluding steroid dienone is 2. The molecule has 14 atom stereocenters. The van der Waals surface area contributed by atoms with E-state index in [9.17, 15) is 9.59 Å². The first-order chi connectivity index (χ1) is 30.0. The largest absolute Gasteiger partial charge is 0.462 e. The first-order valence-electron chi connectivity index (χ1n) is 26.1. The van der Waals surface area contributed by atoms with Gasteiger partial charge >= 0.3 is 11.9 Å². The summed E-state index contributed by atoms with van der Waals surface area (Å²) in [6.07, 6.45) is 36.2. The molecule has 0 radical (unpaired) electrons. The molecule has 0 aromatic carbocycles. The molecule has 8 aliphatic rings. The zero-order chi connectivity index (χ0) is 45.6. The molecule has 2 aromatic heterocycles. The van der Waals surface area contributed by atoms with Gasteiger partial charge in [0.25, 0.3) is 0 Å². The molecule has 0 spiro atoms. The second-order valence-electron chi connectivity index (χ2n) is 26.3. The maximum atomic E-state index is 12.9. The summed E-state index contributed by atoms with van der Waals surface area (Å²) in [4.78, 5) is 25.9. The first-order valence-corrected chi connectivity index (χ1v) is 26.1. The smallest absolute Gasteiger partial charge is 0.302 e. The predicted octanol–water partition coefficient (Wildman–Crippen LogP) is 13.7. The van der Waals surface area contributed by atoms with Gasteiger partial charge in [0.15, 0.2) is 0 Å². The van der Waals surface area contributed by atoms with Crippen molar-refractivity contribution in [3.8, 4) is 0 Å². The fourth-order valence-electron chi connectivity index (χ4n) is 19.6. The molecule has 64 heavy (non-hydrogen) atoms. The predicted molar refractivity (Wildman–Crippen MR) is 258 cm³/mol. The molecule has 2 heterocycles. The van der Waals surface area contributed by atoms with Crippen molar-refractivity contribution in [2.24, 2.45) is 68.0 Å². The summed E-state index contributed by atoms with van der Waals surface area (Å²) in [7, 11) is 0. The van der Waals surface area contributed by atoms with Gasteiger partial charge in [-0.15, -0.1) is 0 Å². The van der Waals surface area contributed by atoms with Crippen LogP contribution in [0.15, 0.2) is 36.9 Å². The second-order valence-corrected chi connectivity index (χ2v) is 26.3. The van der Waals surface area contributed by atoms with E-state index >= 15 is 0 Å². The van der Waals surface area contributed by atoms with Crippen molar-refractivity contribution in [1.82, 2.24) is 9.13 Å². The third-order valence-electron chi connectivity index (χ3n) is 22.2. The van der Waals surface area contributed by atoms with E-state index in [0.717, 1.165) is 38.8 Å². The van der Waals surface area contributed by atoms with Crippen molar-refractivity contribution in [3.05, 3.63) is 59.2 Å². The standard InChI is InChI=1S/C58H84N2O4/c1-37(61)63-49-31-47-53(7)25-15-23-51(3,4)43(53)21-27-55(47,9)45-19-17-39-33-59(35-41(39)57(45,49)11)29-13-14-30-60-34-40-18-20-46-56(10)28-22-44-52(5,6)24-16-26-54(44,8)48(56)32-50(64-38(2)62)58(46,12)42(40)36-60/h17-20,33-36,43-50H,13-16,21-32H2,1-12H3/t43-,44-,45+,46+,47-,48+,49-,50-,53-,54-,55-,56+,57+,58-/m1/s1. The molecule has 0 bridgehead atoms. The van der Waals surface area contributed by atoms with Gasteiger partial charge in [-0.1, -0.05) is 106 Å². The lowest BCUT2D eigenvalue weighted by atomic mass is 9.36. The summed E-state index contributed by atoms with van der Waals surface area (Å²) in [5.74, 6) is 2.82. The Bertz CT molecular complexity index is 2100. The Morgan fingerprint density at radius 3 is 1.30 bits per heavy atom. The number of aromatic nitrogens is 2. The minimum Gasteiger partial charge on any atom is -0.462 e. The van der Waals surface area contributed by atoms with Crippen LogP contribution in [0.3, 0.4) is 0 Å². The molecular formula is C58H84N2O4. The molecule has 6 heteroatoms. The maximum absolute atomic E-state index is 12.9. The van der Waals surface area contributed by atoms with Crippen molar-refractivity contribution in [1.29, 1.82) is 0 Å². The van der Waals surface area contributed by atoms with Crippen molar-refractivity contribution in [2.75, 3.05) is 0 Å². The van der Waals surface area contributed by atoms with E-state index in [-0.39, 0.29) is 56.6 Å². The average Bonchev–Trinajstić information content (AvgIpc) is 3.82. The number of rotatable bonds is 7. The van der Waals surface area contributed by atoms with Crippen LogP contribution < -0.4 is 0 Å². The highest BCUT2D eigenvalue weighted by Crippen LogP contribution is 2.74. The van der Waals surface area contributed by atoms with Gasteiger partial charge in [0.05, 0.1) is 0 Å². The normalized spacial score (nSPS) is 44.4. The van der Waals surface area contributed by atoms with Crippen molar-refractivity contribution >= 4 is 24.1 Å². The molecule has 6 nitrogen and oxygen atoms in total. The van der Waals surface area contributed by atoms with E-state index < -0.39 is 0 Å². The lowest BCUT2D eigenvalue weighted by Gasteiger charge is -2.69. The summed E-state index contributed by atoms with van der Waals surface area (Å²) < 4.78 is 17.9. The highest BCUT2D eigenvalue weighted by molar-refractivity contribution is 5.68. The van der Waals surface area contributed by atoms with Crippen LogP contribution in [0.4, 0.5) is 0 Å². The minimum absolute atomic E-state index is 0.140. The lowest BCUT2D eigenvalue weighted by Crippen LogP contribution is -2.66. The van der Waals surface area contributed by atoms with Gasteiger partial charge in [-0.25, -0.2) is 0 Å². The molecule has 0 aliphatic heterocycles. The molecule has 6 fully saturated rings. The Labute approximate surface area is 387 Å². The van der Waals surface area contributed by atoms with Crippen LogP contribution >= 0.6 is 0 Å². The van der Waals surface area contributed by atoms with E-state index in [0.29, 0.717) is 46.3 Å². The van der Waals surface area contributed by atoms with Gasteiger partial charge in [-0.05, 0) is 167 Å². The first kappa shape index (κ1) is 44.8. The molecule has 350 valence electrons. The molecule has 6 saturated carbocycles. The quantitative estimate of drug-likeness (QED) is 0.205. The van der Waals surface area contributed by atoms with Crippen LogP contribution in [0.25, 0.3) is 12.2 Å². The zero-order valence-electron chi connectivity index (χ0n) is 42.1. The molecule has 10 rings (SSSR count). The Morgan fingerprint density at radius 1 is 0.531 bits per heavy atom. The molecule has 8 aliphatic carbocycles. The zero-order valence-corrected chi connectivity index (χ0v) is 42.1. The Kier molecular flexibility index (Phi) is 10.3. The van der Waals surface area contributed by atoms with Crippen LogP contribution in [-0.4, -0.2) is 33.3 Å². The number of hydrogen-bond acceptors (Lipinski definition) is 4. The topological polar surface area (TPSA) is 62.5 Å². The number of ether oxygens (including phenoxy) is 2. The molecule has 0 N–H and O–H groups in total. The third-order valence-corrected chi connectivity index (χ3v) is 22.2. The summed E-state index contributed by atoms with van der Waals surface area (Å²) in [6.45, 7) is 30.6. The summed E-state index contributed by atoms with van der Waals surface area (Å²) in [5, 5.41) is 0. The molecule has 0 unspecified atom stereocenters. The Balaban J connectivity index is 0.863. The highest BCUT2D eigenvalue weighted by Gasteiger charge is 2.69. The van der Waals surface area contributed by atoms with Gasteiger partial charge < -0.3 is 18.6 Å². The fourth-order valence-corrected chi connectivity index (χ4v) is 19.6. The highest BCUT2D eigenvalue weighted by atomic mass is 16.5. The van der Waals surface area contributed by atoms with Crippen LogP contribution in [0.1, 0.15) is 195 Å². The van der Waals surface area contributed by atoms with Gasteiger partial charge in [0.2, 0.25) is 0 Å². The number of nitrogens with zero attached hydrogens (tertiary/aromatic N) is 2. The summed E-state index contributed by atoms with van der Waals surface area (Å²) >= 11 is 0. The molecular weight excluding hydrogens is 789 g/mol. The number of unbranched alkanes of at least 4 members (excludes halogenated alkanes) is 1. The SMILES string of the molecule is CC(=O)O[C@@H]1C[C@H]2[C@]3(C)CCCC(C)(C)[C@H]3CC[C@@]2(C)[C@@H]2C=Cc3cn(CCCCn4cc5c(c4)[C@]4(C)[C@H](OC(C)=O)C[C@@H]6[C@]7(C)CCCC(C)(C)[C@H]7CC[C@]6(C)[C@@H]4C=C5)cc3[C@@]12C. The molecule has 0 saturated heterocycles. The fraction of sp³-hybridized carbons (Fsp3) is 0.759. The van der Waals surface area contributed by atoms with E-state index in [1.165, 1.54) is 86.5 Å². The van der Waals surface area contributed by atoms with Crippen molar-refractivity contribution in [3.63, 3.8) is 0 Å². The van der Waals surface area contributed by atoms with Gasteiger partial charge in [0, 0.05) is 62.6 Å². The van der Waals surface area contributed by atoms with Crippen molar-refractivity contribution in [2.45, 2.75) is 209 Å².